The van der Waals surface area contributed by atoms with Crippen LogP contribution in [0, 0.1) is 96.7 Å². The Morgan fingerprint density at radius 3 is 0.677 bits per heavy atom. The summed E-state index contributed by atoms with van der Waals surface area (Å²) in [4.78, 5) is 79.3. The molecular weight excluding hydrogens is 855 g/mol. The molecule has 16 nitrogen and oxygen atoms in total. The van der Waals surface area contributed by atoms with Crippen molar-refractivity contribution in [3.8, 4) is 96.7 Å². The molecule has 0 saturated carbocycles. The minimum atomic E-state index is -1.05. The van der Waals surface area contributed by atoms with Gasteiger partial charge in [0.15, 0.2) is 0 Å². The maximum absolute atomic E-state index is 10.5. The van der Waals surface area contributed by atoms with E-state index in [0.717, 1.165) is 39.9 Å². The fraction of sp³-hybridized carbons (Fsp3) is 0.455. The second-order valence-corrected chi connectivity index (χ2v) is 8.65. The smallest absolute Gasteiger partial charge is 0.472 e. The van der Waals surface area contributed by atoms with Gasteiger partial charge in [0.2, 0.25) is 0 Å². The molecule has 0 rings (SSSR count). The molecule has 0 bridgehead atoms. The predicted octanol–water partition coefficient (Wildman–Crippen LogP) is 8.49. The first kappa shape index (κ1) is 79.0. The Labute approximate surface area is 378 Å². The molecule has 0 aliphatic heterocycles. The van der Waals surface area contributed by atoms with Crippen molar-refractivity contribution < 1.29 is 77.0 Å². The second-order valence-electron chi connectivity index (χ2n) is 8.03. The zero-order valence-electron chi connectivity index (χ0n) is 37.3. The van der Waals surface area contributed by atoms with E-state index in [1.54, 1.807) is 27.7 Å². The van der Waals surface area contributed by atoms with Crippen LogP contribution in [0.4, 0.5) is 19.2 Å². The van der Waals surface area contributed by atoms with E-state index in [1.807, 2.05) is 39.5 Å². The summed E-state index contributed by atoms with van der Waals surface area (Å²) in [5.41, 5.74) is -1.55. The maximum atomic E-state index is 10.5. The number of methoxy groups -OCH3 is 4. The number of halogens is 2. The van der Waals surface area contributed by atoms with E-state index in [4.69, 9.17) is 35.9 Å². The van der Waals surface area contributed by atoms with Gasteiger partial charge in [0.25, 0.3) is 0 Å². The third kappa shape index (κ3) is 171. The number of carboxylic acid groups (broad SMARTS) is 2. The average Bonchev–Trinajstić information content (AvgIpc) is 3.27. The summed E-state index contributed by atoms with van der Waals surface area (Å²) in [6.45, 7) is 14.9. The van der Waals surface area contributed by atoms with Gasteiger partial charge < -0.3 is 38.6 Å². The van der Waals surface area contributed by atoms with E-state index in [1.165, 1.54) is 14.2 Å². The summed E-state index contributed by atoms with van der Waals surface area (Å²) in [7, 11) is 4.66. The van der Waals surface area contributed by atoms with Crippen molar-refractivity contribution in [2.45, 2.75) is 107 Å². The van der Waals surface area contributed by atoms with E-state index in [2.05, 4.69) is 111 Å². The van der Waals surface area contributed by atoms with Gasteiger partial charge in [-0.05, 0) is 0 Å². The van der Waals surface area contributed by atoms with Crippen LogP contribution in [0.25, 0.3) is 0 Å². The summed E-state index contributed by atoms with van der Waals surface area (Å²) < 4.78 is 23.9. The van der Waals surface area contributed by atoms with E-state index in [0.29, 0.717) is 25.7 Å². The number of terminal acetylenes is 4. The normalized spacial score (nSPS) is 6.48. The van der Waals surface area contributed by atoms with Gasteiger partial charge in [-0.1, -0.05) is 79.1 Å². The minimum Gasteiger partial charge on any atom is -0.472 e. The van der Waals surface area contributed by atoms with Gasteiger partial charge in [0, 0.05) is 98.3 Å². The van der Waals surface area contributed by atoms with Gasteiger partial charge in [-0.25, -0.2) is 38.4 Å². The first-order valence-corrected chi connectivity index (χ1v) is 18.1. The fourth-order valence-electron chi connectivity index (χ4n) is 0.935. The summed E-state index contributed by atoms with van der Waals surface area (Å²) in [6.07, 6.45) is 22.7. The zero-order chi connectivity index (χ0) is 51.0. The van der Waals surface area contributed by atoms with E-state index in [-0.39, 0.29) is 0 Å². The molecule has 0 aromatic heterocycles. The van der Waals surface area contributed by atoms with Crippen molar-refractivity contribution >= 4 is 70.2 Å². The van der Waals surface area contributed by atoms with Gasteiger partial charge >= 0.3 is 47.0 Å². The number of aliphatic carboxylic acids is 2. The van der Waals surface area contributed by atoms with Crippen LogP contribution in [0.1, 0.15) is 107 Å². The summed E-state index contributed by atoms with van der Waals surface area (Å²) >= 11 is 9.20. The van der Waals surface area contributed by atoms with Crippen LogP contribution in [0.2, 0.25) is 0 Å². The molecule has 0 heterocycles. The molecule has 0 aliphatic rings. The topological polar surface area (TPSA) is 232 Å². The number of rotatable bonds is 0. The Bertz CT molecular complexity index is 1480. The maximum Gasteiger partial charge on any atom is 0.516 e. The lowest BCUT2D eigenvalue weighted by Gasteiger charge is -1.93. The molecule has 0 saturated heterocycles. The molecule has 18 heteroatoms. The summed E-state index contributed by atoms with van der Waals surface area (Å²) in [6, 6.07) is 0. The number of carbonyl (C=O) groups is 8. The molecular formula is C44H58Cl2O16. The monoisotopic (exact) mass is 912 g/mol. The minimum absolute atomic E-state index is 0.538. The number of esters is 2. The van der Waals surface area contributed by atoms with Crippen LogP contribution in [-0.2, 0) is 47.6 Å². The Morgan fingerprint density at radius 2 is 0.581 bits per heavy atom. The van der Waals surface area contributed by atoms with Gasteiger partial charge in [-0.3, -0.25) is 0 Å². The fourth-order valence-corrected chi connectivity index (χ4v) is 0.935. The van der Waals surface area contributed by atoms with Gasteiger partial charge in [-0.2, -0.15) is 0 Å². The zero-order valence-corrected chi connectivity index (χ0v) is 38.8. The third-order valence-electron chi connectivity index (χ3n) is 3.30. The van der Waals surface area contributed by atoms with Crippen molar-refractivity contribution in [1.29, 1.82) is 0 Å². The van der Waals surface area contributed by atoms with Crippen LogP contribution in [0.3, 0.4) is 0 Å². The van der Waals surface area contributed by atoms with E-state index < -0.39 is 47.0 Å². The van der Waals surface area contributed by atoms with Crippen LogP contribution < -0.4 is 0 Å². The van der Waals surface area contributed by atoms with Crippen LogP contribution in [0.15, 0.2) is 0 Å². The van der Waals surface area contributed by atoms with Crippen LogP contribution >= 0.6 is 23.2 Å². The molecule has 0 aromatic carbocycles. The number of hydrogen-bond donors (Lipinski definition) is 2. The molecule has 344 valence electrons. The van der Waals surface area contributed by atoms with Gasteiger partial charge in [0.1, 0.15) is 0 Å². The highest BCUT2D eigenvalue weighted by atomic mass is 35.5. The highest BCUT2D eigenvalue weighted by Gasteiger charge is 2.06. The molecule has 0 atom stereocenters. The third-order valence-corrected chi connectivity index (χ3v) is 3.61. The second kappa shape index (κ2) is 81.9. The Kier molecular flexibility index (Phi) is 104. The van der Waals surface area contributed by atoms with Crippen LogP contribution in [0.5, 0.6) is 0 Å². The lowest BCUT2D eigenvalue weighted by molar-refractivity contribution is -0.134. The Balaban J connectivity index is -0.0000000622. The lowest BCUT2D eigenvalue weighted by atomic mass is 10.5. The van der Waals surface area contributed by atoms with Crippen molar-refractivity contribution in [3.05, 3.63) is 0 Å². The van der Waals surface area contributed by atoms with Crippen molar-refractivity contribution in [3.63, 3.8) is 0 Å². The van der Waals surface area contributed by atoms with E-state index >= 15 is 0 Å². The molecule has 0 radical (unpaired) electrons. The lowest BCUT2D eigenvalue weighted by Crippen LogP contribution is -2.09. The Hall–Kier alpha value is -7.18. The number of carboxylic acids is 2. The molecule has 62 heavy (non-hydrogen) atoms. The number of hydrogen-bond acceptors (Lipinski definition) is 14. The molecule has 0 amide bonds. The molecule has 0 unspecified atom stereocenters. The summed E-state index contributed by atoms with van der Waals surface area (Å²) in [5, 5.41) is 15.7. The van der Waals surface area contributed by atoms with Crippen molar-refractivity contribution in [2.75, 3.05) is 28.4 Å². The standard InChI is InChI=1S/2C7H8O4.2C5H6O2.4C4H6.2C2H3ClO2/c2*1-3-4-5-6(8)11-7(9)10-2;2*1-2-3-4-5(6)7;4*1-3-4-2;2*1-5-2(3)4/h2*3H2,1-2H3;2*2H2,1H3,(H,6,7);4*1H,4H2,2H3;2*1H3. The Morgan fingerprint density at radius 1 is 0.403 bits per heavy atom. The quantitative estimate of drug-likeness (QED) is 0.0579. The molecule has 0 aromatic rings. The largest absolute Gasteiger partial charge is 0.516 e. The first-order valence-electron chi connectivity index (χ1n) is 17.4. The molecule has 0 aliphatic carbocycles. The molecule has 0 spiro atoms. The highest BCUT2D eigenvalue weighted by molar-refractivity contribution is 6.61. The highest BCUT2D eigenvalue weighted by Crippen LogP contribution is 1.84. The van der Waals surface area contributed by atoms with Gasteiger partial charge in [0.05, 0.1) is 28.4 Å². The molecule has 0 fully saturated rings. The van der Waals surface area contributed by atoms with Gasteiger partial charge in [-0.15, -0.1) is 49.4 Å². The molecule has 2 N–H and O–H groups in total. The van der Waals surface area contributed by atoms with Crippen LogP contribution in [-0.4, -0.2) is 85.7 Å². The van der Waals surface area contributed by atoms with E-state index in [9.17, 15) is 38.4 Å². The first-order chi connectivity index (χ1) is 29.1. The number of carbonyl (C=O) groups excluding carboxylic acids is 6. The SMILES string of the molecule is C#CCC.C#CCC.C#CCC.C#CCC.CCC#CC(=O)O.CCC#CC(=O)O.CCC#CC(=O)OC(=O)OC.CCC#CC(=O)OC(=O)OC.COC(=O)Cl.COC(=O)Cl. The predicted molar refractivity (Wildman–Crippen MR) is 238 cm³/mol. The average molecular weight is 914 g/mol. The number of ether oxygens (including phenoxy) is 6. The summed E-state index contributed by atoms with van der Waals surface area (Å²) in [5.74, 6) is 23.6. The van der Waals surface area contributed by atoms with Crippen molar-refractivity contribution in [2.24, 2.45) is 0 Å². The van der Waals surface area contributed by atoms with Crippen molar-refractivity contribution in [1.82, 2.24) is 0 Å².